The van der Waals surface area contributed by atoms with E-state index < -0.39 is 6.10 Å². The standard InChI is InChI=1S/C16H26N2O3/c1-13-6-4-7-14(10-13)17-16(20)8-5-9-18(2)11-15(19)12-21-3/h4,6-7,10,15,19H,5,8-9,11-12H2,1-3H3,(H,17,20). The summed E-state index contributed by atoms with van der Waals surface area (Å²) in [6, 6.07) is 7.76. The molecule has 0 radical (unpaired) electrons. The molecule has 0 spiro atoms. The van der Waals surface area contributed by atoms with Gasteiger partial charge in [0.25, 0.3) is 0 Å². The first kappa shape index (κ1) is 17.6. The second-order valence-corrected chi connectivity index (χ2v) is 5.39. The van der Waals surface area contributed by atoms with Crippen LogP contribution in [0.5, 0.6) is 0 Å². The molecule has 0 saturated heterocycles. The number of carbonyl (C=O) groups excluding carboxylic acids is 1. The first-order valence-electron chi connectivity index (χ1n) is 7.23. The lowest BCUT2D eigenvalue weighted by Crippen LogP contribution is -2.32. The van der Waals surface area contributed by atoms with E-state index in [1.54, 1.807) is 7.11 Å². The Balaban J connectivity index is 2.21. The van der Waals surface area contributed by atoms with E-state index in [9.17, 15) is 9.90 Å². The van der Waals surface area contributed by atoms with Gasteiger partial charge >= 0.3 is 0 Å². The number of anilines is 1. The Morgan fingerprint density at radius 3 is 2.90 bits per heavy atom. The number of ether oxygens (including phenoxy) is 1. The van der Waals surface area contributed by atoms with Crippen LogP contribution in [-0.4, -0.2) is 55.9 Å². The highest BCUT2D eigenvalue weighted by Gasteiger charge is 2.08. The number of rotatable bonds is 9. The van der Waals surface area contributed by atoms with Gasteiger partial charge in [-0.05, 0) is 44.6 Å². The van der Waals surface area contributed by atoms with Crippen LogP contribution in [0.15, 0.2) is 24.3 Å². The fourth-order valence-electron chi connectivity index (χ4n) is 2.15. The van der Waals surface area contributed by atoms with Crippen molar-refractivity contribution in [2.45, 2.75) is 25.9 Å². The zero-order valence-electron chi connectivity index (χ0n) is 13.1. The normalized spacial score (nSPS) is 12.4. The number of methoxy groups -OCH3 is 1. The van der Waals surface area contributed by atoms with Gasteiger partial charge < -0.3 is 20.1 Å². The van der Waals surface area contributed by atoms with Crippen LogP contribution in [0.2, 0.25) is 0 Å². The molecule has 0 aliphatic rings. The molecule has 1 atom stereocenters. The highest BCUT2D eigenvalue weighted by Crippen LogP contribution is 2.10. The van der Waals surface area contributed by atoms with Gasteiger partial charge in [0.1, 0.15) is 0 Å². The van der Waals surface area contributed by atoms with E-state index in [1.165, 1.54) is 0 Å². The lowest BCUT2D eigenvalue weighted by atomic mass is 10.2. The molecule has 0 bridgehead atoms. The predicted molar refractivity (Wildman–Crippen MR) is 84.4 cm³/mol. The van der Waals surface area contributed by atoms with E-state index in [0.717, 1.165) is 24.2 Å². The van der Waals surface area contributed by atoms with Crippen molar-refractivity contribution in [1.29, 1.82) is 0 Å². The first-order chi connectivity index (χ1) is 10.0. The molecule has 1 unspecified atom stereocenters. The molecule has 0 heterocycles. The Kier molecular flexibility index (Phi) is 7.97. The summed E-state index contributed by atoms with van der Waals surface area (Å²) >= 11 is 0. The minimum atomic E-state index is -0.485. The van der Waals surface area contributed by atoms with Crippen LogP contribution in [0.3, 0.4) is 0 Å². The van der Waals surface area contributed by atoms with Crippen molar-refractivity contribution in [3.8, 4) is 0 Å². The Hall–Kier alpha value is -1.43. The summed E-state index contributed by atoms with van der Waals surface area (Å²) in [5.41, 5.74) is 1.96. The molecule has 5 nitrogen and oxygen atoms in total. The SMILES string of the molecule is COCC(O)CN(C)CCCC(=O)Nc1cccc(C)c1. The van der Waals surface area contributed by atoms with Crippen molar-refractivity contribution in [3.63, 3.8) is 0 Å². The molecule has 5 heteroatoms. The topological polar surface area (TPSA) is 61.8 Å². The highest BCUT2D eigenvalue weighted by atomic mass is 16.5. The van der Waals surface area contributed by atoms with Crippen molar-refractivity contribution in [2.75, 3.05) is 39.2 Å². The summed E-state index contributed by atoms with van der Waals surface area (Å²) in [6.07, 6.45) is 0.744. The van der Waals surface area contributed by atoms with Crippen molar-refractivity contribution < 1.29 is 14.6 Å². The Morgan fingerprint density at radius 1 is 1.48 bits per heavy atom. The van der Waals surface area contributed by atoms with Gasteiger partial charge in [0.15, 0.2) is 0 Å². The van der Waals surface area contributed by atoms with Crippen LogP contribution in [-0.2, 0) is 9.53 Å². The fraction of sp³-hybridized carbons (Fsp3) is 0.562. The third-order valence-electron chi connectivity index (χ3n) is 3.13. The van der Waals surface area contributed by atoms with E-state index in [2.05, 4.69) is 5.32 Å². The second-order valence-electron chi connectivity index (χ2n) is 5.39. The molecule has 0 aromatic heterocycles. The van der Waals surface area contributed by atoms with Crippen molar-refractivity contribution in [3.05, 3.63) is 29.8 Å². The molecule has 2 N–H and O–H groups in total. The molecule has 1 aromatic rings. The molecule has 0 aliphatic heterocycles. The van der Waals surface area contributed by atoms with E-state index in [0.29, 0.717) is 19.6 Å². The summed E-state index contributed by atoms with van der Waals surface area (Å²) in [5.74, 6) is 0.0199. The molecule has 1 rings (SSSR count). The average molecular weight is 294 g/mol. The second kappa shape index (κ2) is 9.50. The van der Waals surface area contributed by atoms with E-state index in [1.807, 2.05) is 43.1 Å². The number of nitrogens with one attached hydrogen (secondary N) is 1. The predicted octanol–water partition coefficient (Wildman–Crippen LogP) is 1.65. The number of amides is 1. The van der Waals surface area contributed by atoms with Gasteiger partial charge in [-0.25, -0.2) is 0 Å². The molecule has 0 saturated carbocycles. The molecule has 1 amide bonds. The van der Waals surface area contributed by atoms with Gasteiger partial charge in [0.2, 0.25) is 5.91 Å². The number of aryl methyl sites for hydroxylation is 1. The molecule has 118 valence electrons. The zero-order chi connectivity index (χ0) is 15.7. The Morgan fingerprint density at radius 2 is 2.24 bits per heavy atom. The number of hydrogen-bond donors (Lipinski definition) is 2. The number of likely N-dealkylation sites (N-methyl/N-ethyl adjacent to an activating group) is 1. The maximum atomic E-state index is 11.8. The van der Waals surface area contributed by atoms with Gasteiger partial charge in [-0.15, -0.1) is 0 Å². The summed E-state index contributed by atoms with van der Waals surface area (Å²) in [4.78, 5) is 13.8. The first-order valence-corrected chi connectivity index (χ1v) is 7.23. The van der Waals surface area contributed by atoms with Gasteiger partial charge in [-0.1, -0.05) is 12.1 Å². The van der Waals surface area contributed by atoms with Crippen LogP contribution in [0, 0.1) is 6.92 Å². The van der Waals surface area contributed by atoms with Gasteiger partial charge in [0, 0.05) is 25.8 Å². The molecule has 0 fully saturated rings. The van der Waals surface area contributed by atoms with Crippen molar-refractivity contribution >= 4 is 11.6 Å². The largest absolute Gasteiger partial charge is 0.389 e. The van der Waals surface area contributed by atoms with Crippen LogP contribution < -0.4 is 5.32 Å². The number of aliphatic hydroxyl groups excluding tert-OH is 1. The Bertz CT molecular complexity index is 437. The minimum absolute atomic E-state index is 0.0199. The lowest BCUT2D eigenvalue weighted by Gasteiger charge is -2.19. The van der Waals surface area contributed by atoms with Crippen LogP contribution in [0.4, 0.5) is 5.69 Å². The maximum Gasteiger partial charge on any atom is 0.224 e. The van der Waals surface area contributed by atoms with Crippen LogP contribution >= 0.6 is 0 Å². The number of hydrogen-bond acceptors (Lipinski definition) is 4. The zero-order valence-corrected chi connectivity index (χ0v) is 13.1. The number of aliphatic hydroxyl groups is 1. The van der Waals surface area contributed by atoms with Gasteiger partial charge in [-0.3, -0.25) is 4.79 Å². The van der Waals surface area contributed by atoms with E-state index in [-0.39, 0.29) is 5.91 Å². The van der Waals surface area contributed by atoms with E-state index in [4.69, 9.17) is 4.74 Å². The number of nitrogens with zero attached hydrogens (tertiary/aromatic N) is 1. The minimum Gasteiger partial charge on any atom is -0.389 e. The summed E-state index contributed by atoms with van der Waals surface area (Å²) in [5, 5.41) is 12.5. The molecular formula is C16H26N2O3. The highest BCUT2D eigenvalue weighted by molar-refractivity contribution is 5.90. The smallest absolute Gasteiger partial charge is 0.224 e. The Labute approximate surface area is 126 Å². The third-order valence-corrected chi connectivity index (χ3v) is 3.13. The molecule has 1 aromatic carbocycles. The van der Waals surface area contributed by atoms with E-state index >= 15 is 0 Å². The third kappa shape index (κ3) is 7.80. The van der Waals surface area contributed by atoms with Crippen molar-refractivity contribution in [1.82, 2.24) is 4.90 Å². The fourth-order valence-corrected chi connectivity index (χ4v) is 2.15. The number of carbonyl (C=O) groups is 1. The van der Waals surface area contributed by atoms with Gasteiger partial charge in [0.05, 0.1) is 12.7 Å². The van der Waals surface area contributed by atoms with Crippen molar-refractivity contribution in [2.24, 2.45) is 0 Å². The average Bonchev–Trinajstić information content (AvgIpc) is 2.38. The van der Waals surface area contributed by atoms with Crippen LogP contribution in [0.25, 0.3) is 0 Å². The quantitative estimate of drug-likeness (QED) is 0.727. The van der Waals surface area contributed by atoms with Crippen LogP contribution in [0.1, 0.15) is 18.4 Å². The summed E-state index contributed by atoms with van der Waals surface area (Å²) in [7, 11) is 3.50. The van der Waals surface area contributed by atoms with Gasteiger partial charge in [-0.2, -0.15) is 0 Å². The maximum absolute atomic E-state index is 11.8. The molecular weight excluding hydrogens is 268 g/mol. The monoisotopic (exact) mass is 294 g/mol. The molecule has 0 aliphatic carbocycles. The lowest BCUT2D eigenvalue weighted by molar-refractivity contribution is -0.116. The summed E-state index contributed by atoms with van der Waals surface area (Å²) < 4.78 is 4.88. The molecule has 21 heavy (non-hydrogen) atoms. The number of benzene rings is 1. The summed E-state index contributed by atoms with van der Waals surface area (Å²) in [6.45, 7) is 3.64.